The lowest BCUT2D eigenvalue weighted by atomic mass is 9.79. The minimum Gasteiger partial charge on any atom is -0.561 e. The van der Waals surface area contributed by atoms with Crippen molar-refractivity contribution in [3.05, 3.63) is 29.3 Å². The molecule has 0 saturated carbocycles. The van der Waals surface area contributed by atoms with E-state index >= 15 is 0 Å². The van der Waals surface area contributed by atoms with Crippen molar-refractivity contribution >= 4 is 31.1 Å². The molecule has 1 aliphatic heterocycles. The molecule has 7 heteroatoms. The largest absolute Gasteiger partial charge is 0.561 e. The Hall–Kier alpha value is -1.63. The number of carboxylic acids is 1. The summed E-state index contributed by atoms with van der Waals surface area (Å²) in [4.78, 5) is 22.6. The number of carboxylic acid groups (broad SMARTS) is 1. The fraction of sp³-hybridized carbons (Fsp3) is 0.333. The molecule has 1 aliphatic rings. The van der Waals surface area contributed by atoms with Gasteiger partial charge in [-0.25, -0.2) is 4.79 Å². The first-order valence-corrected chi connectivity index (χ1v) is 7.27. The van der Waals surface area contributed by atoms with Crippen molar-refractivity contribution in [3.8, 4) is 5.75 Å². The maximum absolute atomic E-state index is 11.5. The molecule has 2 N–H and O–H groups in total. The van der Waals surface area contributed by atoms with Gasteiger partial charge in [0.25, 0.3) is 0 Å². The van der Waals surface area contributed by atoms with Gasteiger partial charge in [-0.2, -0.15) is 11.8 Å². The second-order valence-corrected chi connectivity index (χ2v) is 5.18. The fourth-order valence-electron chi connectivity index (χ4n) is 2.09. The van der Waals surface area contributed by atoms with Crippen LogP contribution in [-0.2, 0) is 11.2 Å². The number of rotatable bonds is 4. The number of nitrogens with one attached hydrogen (secondary N) is 1. The third-order valence-electron chi connectivity index (χ3n) is 2.86. The summed E-state index contributed by atoms with van der Waals surface area (Å²) in [5, 5.41) is 11.9. The molecule has 1 unspecified atom stereocenters. The highest BCUT2D eigenvalue weighted by Crippen LogP contribution is 2.28. The van der Waals surface area contributed by atoms with Gasteiger partial charge in [0.15, 0.2) is 0 Å². The minimum absolute atomic E-state index is 0.0288. The van der Waals surface area contributed by atoms with Crippen LogP contribution in [0.4, 0.5) is 0 Å². The summed E-state index contributed by atoms with van der Waals surface area (Å²) in [6.45, 7) is 0. The number of carbonyl (C=O) groups is 2. The van der Waals surface area contributed by atoms with E-state index in [1.54, 1.807) is 6.07 Å². The second kappa shape index (κ2) is 6.01. The SMILES string of the molecule is CSCC(=O)NC1BOc2c(cccc2C(=O)O)C1. The molecule has 0 radical (unpaired) electrons. The lowest BCUT2D eigenvalue weighted by Crippen LogP contribution is -2.45. The number of hydrogen-bond acceptors (Lipinski definition) is 4. The Balaban J connectivity index is 2.10. The summed E-state index contributed by atoms with van der Waals surface area (Å²) in [6.07, 6.45) is 2.46. The normalized spacial score (nSPS) is 16.8. The van der Waals surface area contributed by atoms with Crippen LogP contribution >= 0.6 is 11.8 Å². The van der Waals surface area contributed by atoms with Gasteiger partial charge >= 0.3 is 13.5 Å². The monoisotopic (exact) mass is 279 g/mol. The number of carbonyl (C=O) groups excluding carboxylic acids is 1. The minimum atomic E-state index is -0.998. The van der Waals surface area contributed by atoms with Crippen molar-refractivity contribution in [3.63, 3.8) is 0 Å². The van der Waals surface area contributed by atoms with Crippen molar-refractivity contribution in [1.82, 2.24) is 5.32 Å². The summed E-state index contributed by atoms with van der Waals surface area (Å²) >= 11 is 1.46. The molecule has 5 nitrogen and oxygen atoms in total. The predicted octanol–water partition coefficient (Wildman–Crippen LogP) is 0.476. The van der Waals surface area contributed by atoms with Crippen LogP contribution in [0.2, 0.25) is 0 Å². The van der Waals surface area contributed by atoms with Gasteiger partial charge in [0.05, 0.1) is 11.3 Å². The van der Waals surface area contributed by atoms with Gasteiger partial charge in [-0.05, 0) is 24.3 Å². The van der Waals surface area contributed by atoms with Crippen LogP contribution in [0.3, 0.4) is 0 Å². The van der Waals surface area contributed by atoms with Crippen LogP contribution in [0, 0.1) is 0 Å². The molecule has 19 heavy (non-hydrogen) atoms. The highest BCUT2D eigenvalue weighted by molar-refractivity contribution is 7.99. The fourth-order valence-corrected chi connectivity index (χ4v) is 2.43. The smallest absolute Gasteiger partial charge is 0.363 e. The van der Waals surface area contributed by atoms with E-state index in [1.165, 1.54) is 17.8 Å². The van der Waals surface area contributed by atoms with Gasteiger partial charge in [-0.1, -0.05) is 12.1 Å². The zero-order valence-corrected chi connectivity index (χ0v) is 11.3. The summed E-state index contributed by atoms with van der Waals surface area (Å²) in [5.74, 6) is -0.291. The van der Waals surface area contributed by atoms with E-state index in [1.807, 2.05) is 12.3 Å². The molecule has 1 heterocycles. The van der Waals surface area contributed by atoms with Gasteiger partial charge < -0.3 is 15.1 Å². The maximum Gasteiger partial charge on any atom is 0.363 e. The molecular formula is C12H14BNO4S. The molecule has 0 saturated heterocycles. The van der Waals surface area contributed by atoms with E-state index in [4.69, 9.17) is 9.76 Å². The Morgan fingerprint density at radius 1 is 1.58 bits per heavy atom. The third kappa shape index (κ3) is 3.23. The van der Waals surface area contributed by atoms with Crippen LogP contribution in [0.15, 0.2) is 18.2 Å². The molecule has 0 aliphatic carbocycles. The highest BCUT2D eigenvalue weighted by atomic mass is 32.2. The zero-order valence-electron chi connectivity index (χ0n) is 10.5. The summed E-state index contributed by atoms with van der Waals surface area (Å²) < 4.78 is 5.51. The van der Waals surface area contributed by atoms with E-state index in [-0.39, 0.29) is 17.4 Å². The maximum atomic E-state index is 11.5. The molecule has 0 aromatic heterocycles. The molecule has 1 aromatic rings. The quantitative estimate of drug-likeness (QED) is 0.784. The Labute approximate surface area is 116 Å². The van der Waals surface area contributed by atoms with Crippen molar-refractivity contribution in [2.75, 3.05) is 12.0 Å². The van der Waals surface area contributed by atoms with Crippen molar-refractivity contribution in [2.45, 2.75) is 12.4 Å². The molecule has 2 rings (SSSR count). The molecule has 1 amide bonds. The number of benzene rings is 1. The molecule has 0 bridgehead atoms. The van der Waals surface area contributed by atoms with Crippen LogP contribution in [0.1, 0.15) is 15.9 Å². The highest BCUT2D eigenvalue weighted by Gasteiger charge is 2.26. The van der Waals surface area contributed by atoms with Gasteiger partial charge in [0, 0.05) is 5.94 Å². The predicted molar refractivity (Wildman–Crippen MR) is 75.2 cm³/mol. The van der Waals surface area contributed by atoms with E-state index in [2.05, 4.69) is 5.32 Å². The van der Waals surface area contributed by atoms with E-state index in [9.17, 15) is 9.59 Å². The first-order chi connectivity index (χ1) is 9.11. The van der Waals surface area contributed by atoms with Crippen molar-refractivity contribution < 1.29 is 19.3 Å². The average Bonchev–Trinajstić information content (AvgIpc) is 2.37. The first kappa shape index (κ1) is 13.8. The van der Waals surface area contributed by atoms with Gasteiger partial charge in [0.1, 0.15) is 5.75 Å². The molecule has 1 atom stereocenters. The first-order valence-electron chi connectivity index (χ1n) is 5.88. The number of aromatic carboxylic acids is 1. The summed E-state index contributed by atoms with van der Waals surface area (Å²) in [5.41, 5.74) is 0.993. The molecule has 0 spiro atoms. The zero-order chi connectivity index (χ0) is 13.8. The summed E-state index contributed by atoms with van der Waals surface area (Å²) in [6, 6.07) is 5.04. The number of para-hydroxylation sites is 1. The number of thioether (sulfide) groups is 1. The van der Waals surface area contributed by atoms with E-state index in [0.29, 0.717) is 25.4 Å². The van der Waals surface area contributed by atoms with E-state index < -0.39 is 5.97 Å². The van der Waals surface area contributed by atoms with Crippen LogP contribution < -0.4 is 9.97 Å². The van der Waals surface area contributed by atoms with Crippen molar-refractivity contribution in [1.29, 1.82) is 0 Å². The molecule has 1 aromatic carbocycles. The Kier molecular flexibility index (Phi) is 4.37. The number of amides is 1. The third-order valence-corrected chi connectivity index (χ3v) is 3.41. The number of fused-ring (bicyclic) bond motifs is 1. The lowest BCUT2D eigenvalue weighted by molar-refractivity contribution is -0.118. The Morgan fingerprint density at radius 2 is 2.37 bits per heavy atom. The average molecular weight is 279 g/mol. The lowest BCUT2D eigenvalue weighted by Gasteiger charge is -2.26. The molecule has 0 fully saturated rings. The Bertz CT molecular complexity index is 509. The Morgan fingerprint density at radius 3 is 3.05 bits per heavy atom. The standard InChI is InChI=1S/C12H14BNO4S/c1-19-6-10(15)14-9-5-7-3-2-4-8(12(16)17)11(7)18-13-9/h2-4,9,13H,5-6H2,1H3,(H,14,15)(H,16,17). The molecular weight excluding hydrogens is 265 g/mol. The summed E-state index contributed by atoms with van der Waals surface area (Å²) in [7, 11) is 0.303. The van der Waals surface area contributed by atoms with Gasteiger partial charge in [0.2, 0.25) is 5.91 Å². The topological polar surface area (TPSA) is 75.6 Å². The van der Waals surface area contributed by atoms with Gasteiger partial charge in [-0.3, -0.25) is 4.79 Å². The van der Waals surface area contributed by atoms with E-state index in [0.717, 1.165) is 5.56 Å². The van der Waals surface area contributed by atoms with Gasteiger partial charge in [-0.15, -0.1) is 0 Å². The number of hydrogen-bond donors (Lipinski definition) is 2. The van der Waals surface area contributed by atoms with Crippen LogP contribution in [0.5, 0.6) is 5.75 Å². The van der Waals surface area contributed by atoms with Crippen LogP contribution in [-0.4, -0.2) is 42.4 Å². The van der Waals surface area contributed by atoms with Crippen molar-refractivity contribution in [2.24, 2.45) is 0 Å². The second-order valence-electron chi connectivity index (χ2n) is 4.31. The van der Waals surface area contributed by atoms with Crippen LogP contribution in [0.25, 0.3) is 0 Å². The molecule has 100 valence electrons.